The second-order valence-electron chi connectivity index (χ2n) is 5.67. The molecule has 1 amide bonds. The van der Waals surface area contributed by atoms with Crippen molar-refractivity contribution in [3.05, 3.63) is 58.6 Å². The van der Waals surface area contributed by atoms with Gasteiger partial charge in [0.25, 0.3) is 5.91 Å². The molecule has 25 heavy (non-hydrogen) atoms. The van der Waals surface area contributed by atoms with Crippen LogP contribution in [-0.4, -0.2) is 20.9 Å². The zero-order valence-corrected chi connectivity index (χ0v) is 15.1. The van der Waals surface area contributed by atoms with Gasteiger partial charge in [-0.15, -0.1) is 0 Å². The molecule has 1 aliphatic heterocycles. The molecule has 2 N–H and O–H groups in total. The molecule has 0 aliphatic carbocycles. The Bertz CT molecular complexity index is 968. The molecule has 5 nitrogen and oxygen atoms in total. The number of nitrogens with one attached hydrogen (secondary N) is 2. The molecule has 2 aromatic rings. The third kappa shape index (κ3) is 3.76. The average molecular weight is 377 g/mol. The Kier molecular flexibility index (Phi) is 4.94. The Morgan fingerprint density at radius 3 is 2.76 bits per heavy atom. The van der Waals surface area contributed by atoms with Gasteiger partial charge in [0.1, 0.15) is 0 Å². The van der Waals surface area contributed by atoms with Gasteiger partial charge in [-0.05, 0) is 42.3 Å². The van der Waals surface area contributed by atoms with E-state index in [1.54, 1.807) is 42.5 Å². The summed E-state index contributed by atoms with van der Waals surface area (Å²) in [6.07, 6.45) is 2.39. The Morgan fingerprint density at radius 1 is 1.20 bits per heavy atom. The number of anilines is 1. The third-order valence-electron chi connectivity index (χ3n) is 3.79. The van der Waals surface area contributed by atoms with Crippen LogP contribution in [0.5, 0.6) is 0 Å². The van der Waals surface area contributed by atoms with E-state index < -0.39 is 10.0 Å². The highest BCUT2D eigenvalue weighted by molar-refractivity contribution is 7.89. The number of sulfonamides is 1. The van der Waals surface area contributed by atoms with Crippen LogP contribution in [0, 0.1) is 0 Å². The molecular formula is C18H17ClN2O3S. The lowest BCUT2D eigenvalue weighted by Crippen LogP contribution is -2.24. The minimum Gasteiger partial charge on any atom is -0.321 e. The first-order valence-electron chi connectivity index (χ1n) is 7.83. The summed E-state index contributed by atoms with van der Waals surface area (Å²) >= 11 is 5.95. The van der Waals surface area contributed by atoms with Gasteiger partial charge in [-0.25, -0.2) is 13.1 Å². The van der Waals surface area contributed by atoms with Crippen molar-refractivity contribution in [1.82, 2.24) is 4.72 Å². The standard InChI is InChI=1S/C18H17ClN2O3S/c1-2-8-20-25(23,24)14-5-3-4-12(9-14)10-16-15-7-6-13(19)11-17(15)21-18(16)22/h3-7,9-11,20H,2,8H2,1H3,(H,21,22). The van der Waals surface area contributed by atoms with Gasteiger partial charge < -0.3 is 5.32 Å². The van der Waals surface area contributed by atoms with Crippen LogP contribution in [0.1, 0.15) is 24.5 Å². The van der Waals surface area contributed by atoms with Gasteiger partial charge in [0, 0.05) is 22.7 Å². The van der Waals surface area contributed by atoms with Crippen LogP contribution in [-0.2, 0) is 14.8 Å². The molecule has 0 bridgehead atoms. The molecule has 0 saturated carbocycles. The number of carbonyl (C=O) groups is 1. The van der Waals surface area contributed by atoms with Gasteiger partial charge in [-0.3, -0.25) is 4.79 Å². The largest absolute Gasteiger partial charge is 0.321 e. The van der Waals surface area contributed by atoms with Crippen LogP contribution in [0.15, 0.2) is 47.4 Å². The molecule has 130 valence electrons. The number of rotatable bonds is 5. The van der Waals surface area contributed by atoms with Crippen LogP contribution < -0.4 is 10.0 Å². The van der Waals surface area contributed by atoms with E-state index in [4.69, 9.17) is 11.6 Å². The minimum atomic E-state index is -3.56. The maximum absolute atomic E-state index is 12.3. The summed E-state index contributed by atoms with van der Waals surface area (Å²) in [5.74, 6) is -0.241. The first kappa shape index (κ1) is 17.7. The molecule has 0 spiro atoms. The molecule has 0 fully saturated rings. The second kappa shape index (κ2) is 7.00. The normalized spacial score (nSPS) is 15.3. The van der Waals surface area contributed by atoms with Gasteiger partial charge in [-0.1, -0.05) is 36.7 Å². The summed E-state index contributed by atoms with van der Waals surface area (Å²) in [5, 5.41) is 3.30. The highest BCUT2D eigenvalue weighted by Crippen LogP contribution is 2.35. The molecule has 3 rings (SSSR count). The smallest absolute Gasteiger partial charge is 0.256 e. The maximum atomic E-state index is 12.3. The third-order valence-corrected chi connectivity index (χ3v) is 5.48. The Morgan fingerprint density at radius 2 is 2.00 bits per heavy atom. The van der Waals surface area contributed by atoms with E-state index >= 15 is 0 Å². The van der Waals surface area contributed by atoms with Gasteiger partial charge in [0.15, 0.2) is 0 Å². The molecule has 1 heterocycles. The minimum absolute atomic E-state index is 0.171. The molecule has 0 atom stereocenters. The molecule has 0 saturated heterocycles. The number of carbonyl (C=O) groups excluding carboxylic acids is 1. The Hall–Kier alpha value is -2.15. The SMILES string of the molecule is CCCNS(=O)(=O)c1cccc(C=C2C(=O)Nc3cc(Cl)ccc32)c1. The van der Waals surface area contributed by atoms with Gasteiger partial charge in [0.05, 0.1) is 10.6 Å². The lowest BCUT2D eigenvalue weighted by Gasteiger charge is -2.06. The van der Waals surface area contributed by atoms with E-state index in [2.05, 4.69) is 10.0 Å². The van der Waals surface area contributed by atoms with E-state index in [1.807, 2.05) is 6.92 Å². The van der Waals surface area contributed by atoms with Crippen molar-refractivity contribution >= 4 is 44.9 Å². The fraction of sp³-hybridized carbons (Fsp3) is 0.167. The van der Waals surface area contributed by atoms with Crippen LogP contribution in [0.4, 0.5) is 5.69 Å². The number of amides is 1. The molecule has 0 unspecified atom stereocenters. The zero-order valence-electron chi connectivity index (χ0n) is 13.5. The summed E-state index contributed by atoms with van der Waals surface area (Å²) in [6, 6.07) is 11.7. The molecule has 2 aromatic carbocycles. The van der Waals surface area contributed by atoms with Crippen molar-refractivity contribution in [3.63, 3.8) is 0 Å². The van der Waals surface area contributed by atoms with Crippen molar-refractivity contribution in [1.29, 1.82) is 0 Å². The van der Waals surface area contributed by atoms with E-state index in [0.717, 1.165) is 5.56 Å². The first-order chi connectivity index (χ1) is 11.9. The zero-order chi connectivity index (χ0) is 18.0. The fourth-order valence-corrected chi connectivity index (χ4v) is 3.93. The summed E-state index contributed by atoms with van der Waals surface area (Å²) in [6.45, 7) is 2.27. The average Bonchev–Trinajstić information content (AvgIpc) is 2.88. The van der Waals surface area contributed by atoms with Crippen LogP contribution in [0.25, 0.3) is 11.6 Å². The molecular weight excluding hydrogens is 360 g/mol. The number of hydrogen-bond donors (Lipinski definition) is 2. The van der Waals surface area contributed by atoms with Gasteiger partial charge in [-0.2, -0.15) is 0 Å². The van der Waals surface area contributed by atoms with Crippen molar-refractivity contribution in [2.24, 2.45) is 0 Å². The highest BCUT2D eigenvalue weighted by Gasteiger charge is 2.24. The second-order valence-corrected chi connectivity index (χ2v) is 7.88. The molecule has 7 heteroatoms. The summed E-state index contributed by atoms with van der Waals surface area (Å²) in [5.41, 5.74) is 2.50. The lowest BCUT2D eigenvalue weighted by atomic mass is 10.0. The molecule has 0 aromatic heterocycles. The lowest BCUT2D eigenvalue weighted by molar-refractivity contribution is -0.110. The predicted octanol–water partition coefficient (Wildman–Crippen LogP) is 3.52. The predicted molar refractivity (Wildman–Crippen MR) is 99.9 cm³/mol. The molecule has 0 radical (unpaired) electrons. The van der Waals surface area contributed by atoms with Crippen molar-refractivity contribution in [2.45, 2.75) is 18.2 Å². The fourth-order valence-electron chi connectivity index (χ4n) is 2.57. The summed E-state index contributed by atoms with van der Waals surface area (Å²) in [4.78, 5) is 12.4. The van der Waals surface area contributed by atoms with Gasteiger partial charge >= 0.3 is 0 Å². The van der Waals surface area contributed by atoms with Gasteiger partial charge in [0.2, 0.25) is 10.0 Å². The van der Waals surface area contributed by atoms with E-state index in [1.165, 1.54) is 6.07 Å². The number of fused-ring (bicyclic) bond motifs is 1. The summed E-state index contributed by atoms with van der Waals surface area (Å²) < 4.78 is 27.0. The number of hydrogen-bond acceptors (Lipinski definition) is 3. The highest BCUT2D eigenvalue weighted by atomic mass is 35.5. The van der Waals surface area contributed by atoms with Crippen LogP contribution in [0.3, 0.4) is 0 Å². The van der Waals surface area contributed by atoms with Crippen LogP contribution in [0.2, 0.25) is 5.02 Å². The maximum Gasteiger partial charge on any atom is 0.256 e. The van der Waals surface area contributed by atoms with Crippen molar-refractivity contribution < 1.29 is 13.2 Å². The Balaban J connectivity index is 1.98. The van der Waals surface area contributed by atoms with Crippen molar-refractivity contribution in [2.75, 3.05) is 11.9 Å². The van der Waals surface area contributed by atoms with Crippen molar-refractivity contribution in [3.8, 4) is 0 Å². The quantitative estimate of drug-likeness (QED) is 0.784. The number of halogens is 1. The topological polar surface area (TPSA) is 75.3 Å². The summed E-state index contributed by atoms with van der Waals surface area (Å²) in [7, 11) is -3.56. The molecule has 1 aliphatic rings. The van der Waals surface area contributed by atoms with E-state index in [9.17, 15) is 13.2 Å². The van der Waals surface area contributed by atoms with Crippen LogP contribution >= 0.6 is 11.6 Å². The Labute approximate surface area is 151 Å². The monoisotopic (exact) mass is 376 g/mol. The van der Waals surface area contributed by atoms with E-state index in [0.29, 0.717) is 34.8 Å². The number of benzene rings is 2. The first-order valence-corrected chi connectivity index (χ1v) is 9.69. The van der Waals surface area contributed by atoms with E-state index in [-0.39, 0.29) is 10.8 Å².